The van der Waals surface area contributed by atoms with Gasteiger partial charge in [-0.1, -0.05) is 0 Å². The molecule has 0 radical (unpaired) electrons. The van der Waals surface area contributed by atoms with Crippen molar-refractivity contribution >= 4 is 12.5 Å². The molecule has 0 unspecified atom stereocenters. The van der Waals surface area contributed by atoms with Gasteiger partial charge in [-0.05, 0) is 13.6 Å². The number of hydrogen-bond acceptors (Lipinski definition) is 8. The van der Waals surface area contributed by atoms with E-state index in [1.54, 1.807) is 6.92 Å². The molecular weight excluding hydrogens is 268 g/mol. The van der Waals surface area contributed by atoms with Crippen LogP contribution in [0.1, 0.15) is 11.8 Å². The number of aromatic nitrogens is 2. The van der Waals surface area contributed by atoms with Crippen LogP contribution in [0.2, 0.25) is 0 Å². The minimum absolute atomic E-state index is 0.0644. The van der Waals surface area contributed by atoms with Crippen molar-refractivity contribution < 1.29 is 20.1 Å². The third kappa shape index (κ3) is 2.00. The number of aliphatic hydroxyl groups is 3. The second-order valence-electron chi connectivity index (χ2n) is 4.60. The summed E-state index contributed by atoms with van der Waals surface area (Å²) in [5.41, 5.74) is 3.49. The van der Waals surface area contributed by atoms with Crippen LogP contribution in [0.15, 0.2) is 16.0 Å². The number of hydrogen-bond donors (Lipinski definition) is 4. The molecule has 5 N–H and O–H groups in total. The van der Waals surface area contributed by atoms with Gasteiger partial charge in [0.05, 0.1) is 6.61 Å². The largest absolute Gasteiger partial charge is 0.391 e. The smallest absolute Gasteiger partial charge is 0.351 e. The van der Waals surface area contributed by atoms with Crippen molar-refractivity contribution in [3.8, 4) is 0 Å². The van der Waals surface area contributed by atoms with Crippen molar-refractivity contribution in [2.75, 3.05) is 12.3 Å². The Bertz CT molecular complexity index is 589. The van der Waals surface area contributed by atoms with Gasteiger partial charge < -0.3 is 25.8 Å². The lowest BCUT2D eigenvalue weighted by molar-refractivity contribution is -0.123. The lowest BCUT2D eigenvalue weighted by Gasteiger charge is -2.24. The maximum atomic E-state index is 11.8. The second-order valence-corrected chi connectivity index (χ2v) is 4.60. The number of aliphatic imine (C=N–C) groups is 1. The molecule has 1 fully saturated rings. The molecule has 1 aromatic heterocycles. The summed E-state index contributed by atoms with van der Waals surface area (Å²) in [7, 11) is 0. The summed E-state index contributed by atoms with van der Waals surface area (Å²) in [5.74, 6) is 0.0644. The van der Waals surface area contributed by atoms with Gasteiger partial charge in [0, 0.05) is 11.8 Å². The molecule has 1 aliphatic rings. The van der Waals surface area contributed by atoms with Crippen LogP contribution in [0, 0.1) is 6.92 Å². The molecule has 0 bridgehead atoms. The molecule has 9 heteroatoms. The molecule has 0 amide bonds. The van der Waals surface area contributed by atoms with Gasteiger partial charge in [0.25, 0.3) is 0 Å². The fraction of sp³-hybridized carbons (Fsp3) is 0.545. The van der Waals surface area contributed by atoms with Crippen molar-refractivity contribution in [1.82, 2.24) is 9.55 Å². The van der Waals surface area contributed by atoms with Gasteiger partial charge in [-0.25, -0.2) is 4.79 Å². The Balaban J connectivity index is 2.47. The topological polar surface area (TPSA) is 143 Å². The Morgan fingerprint density at radius 1 is 1.65 bits per heavy atom. The number of nitrogen functional groups attached to an aromatic ring is 1. The highest BCUT2D eigenvalue weighted by atomic mass is 16.6. The lowest BCUT2D eigenvalue weighted by Crippen LogP contribution is -2.44. The number of rotatable bonds is 3. The standard InChI is InChI=1S/C11H16N4O5/c1-5-3-15(10(19)14-8(5)12)9-6(17)7(18)11(4-16,13-2)20-9/h3,6-7,9,16-18H,2,4H2,1H3,(H2,12,14,19)/t6-,7+,9-,11-/m1/s1. The fourth-order valence-corrected chi connectivity index (χ4v) is 2.07. The highest BCUT2D eigenvalue weighted by Crippen LogP contribution is 2.37. The Kier molecular flexibility index (Phi) is 3.61. The summed E-state index contributed by atoms with van der Waals surface area (Å²) in [4.78, 5) is 18.9. The summed E-state index contributed by atoms with van der Waals surface area (Å²) in [6, 6.07) is 0. The second kappa shape index (κ2) is 4.94. The zero-order valence-corrected chi connectivity index (χ0v) is 10.8. The van der Waals surface area contributed by atoms with E-state index in [1.165, 1.54) is 6.20 Å². The number of nitrogens with two attached hydrogens (primary N) is 1. The molecule has 20 heavy (non-hydrogen) atoms. The first kappa shape index (κ1) is 14.6. The Morgan fingerprint density at radius 2 is 2.30 bits per heavy atom. The quantitative estimate of drug-likeness (QED) is 0.460. The molecular formula is C11H16N4O5. The van der Waals surface area contributed by atoms with E-state index >= 15 is 0 Å². The normalized spacial score (nSPS) is 33.3. The van der Waals surface area contributed by atoms with Crippen LogP contribution < -0.4 is 11.4 Å². The maximum absolute atomic E-state index is 11.8. The van der Waals surface area contributed by atoms with Crippen LogP contribution in [0.3, 0.4) is 0 Å². The average molecular weight is 284 g/mol. The summed E-state index contributed by atoms with van der Waals surface area (Å²) < 4.78 is 6.32. The molecule has 1 saturated heterocycles. The van der Waals surface area contributed by atoms with E-state index in [-0.39, 0.29) is 5.82 Å². The van der Waals surface area contributed by atoms with Crippen molar-refractivity contribution in [1.29, 1.82) is 0 Å². The van der Waals surface area contributed by atoms with Gasteiger partial charge in [-0.15, -0.1) is 0 Å². The van der Waals surface area contributed by atoms with E-state index in [2.05, 4.69) is 16.7 Å². The van der Waals surface area contributed by atoms with E-state index in [0.29, 0.717) is 5.56 Å². The predicted molar refractivity (Wildman–Crippen MR) is 69.1 cm³/mol. The van der Waals surface area contributed by atoms with Crippen molar-refractivity contribution in [3.63, 3.8) is 0 Å². The molecule has 1 aliphatic heterocycles. The number of nitrogens with zero attached hydrogens (tertiary/aromatic N) is 3. The third-order valence-electron chi connectivity index (χ3n) is 3.34. The Morgan fingerprint density at radius 3 is 2.80 bits per heavy atom. The van der Waals surface area contributed by atoms with Crippen molar-refractivity contribution in [2.45, 2.75) is 31.1 Å². The van der Waals surface area contributed by atoms with Crippen LogP contribution >= 0.6 is 0 Å². The summed E-state index contributed by atoms with van der Waals surface area (Å²) in [6.07, 6.45) is -2.90. The summed E-state index contributed by atoms with van der Waals surface area (Å²) in [6.45, 7) is 4.16. The van der Waals surface area contributed by atoms with Crippen LogP contribution in [-0.4, -0.2) is 56.1 Å². The van der Waals surface area contributed by atoms with E-state index < -0.39 is 36.5 Å². The summed E-state index contributed by atoms with van der Waals surface area (Å²) >= 11 is 0. The van der Waals surface area contributed by atoms with Crippen LogP contribution in [-0.2, 0) is 4.74 Å². The van der Waals surface area contributed by atoms with Crippen LogP contribution in [0.25, 0.3) is 0 Å². The van der Waals surface area contributed by atoms with Crippen molar-refractivity contribution in [2.24, 2.45) is 4.99 Å². The van der Waals surface area contributed by atoms with Gasteiger partial charge in [-0.2, -0.15) is 4.98 Å². The molecule has 2 rings (SSSR count). The lowest BCUT2D eigenvalue weighted by atomic mass is 10.1. The highest BCUT2D eigenvalue weighted by Gasteiger charge is 2.54. The number of ether oxygens (including phenoxy) is 1. The molecule has 110 valence electrons. The third-order valence-corrected chi connectivity index (χ3v) is 3.34. The molecule has 0 saturated carbocycles. The predicted octanol–water partition coefficient (Wildman–Crippen LogP) is -2.23. The Labute approximate surface area is 114 Å². The molecule has 4 atom stereocenters. The average Bonchev–Trinajstić information content (AvgIpc) is 2.68. The van der Waals surface area contributed by atoms with Gasteiger partial charge >= 0.3 is 5.69 Å². The number of aryl methyl sites for hydroxylation is 1. The maximum Gasteiger partial charge on any atom is 0.351 e. The first-order chi connectivity index (χ1) is 9.36. The molecule has 0 spiro atoms. The first-order valence-corrected chi connectivity index (χ1v) is 5.84. The van der Waals surface area contributed by atoms with Gasteiger partial charge in [0.2, 0.25) is 5.72 Å². The van der Waals surface area contributed by atoms with Gasteiger partial charge in [-0.3, -0.25) is 9.56 Å². The molecule has 9 nitrogen and oxygen atoms in total. The van der Waals surface area contributed by atoms with Gasteiger partial charge in [0.15, 0.2) is 6.23 Å². The SMILES string of the molecule is C=N[C@]1(CO)O[C@@H](n2cc(C)c(N)nc2=O)[C@H](O)[C@@H]1O. The monoisotopic (exact) mass is 284 g/mol. The van der Waals surface area contributed by atoms with E-state index in [4.69, 9.17) is 10.5 Å². The minimum Gasteiger partial charge on any atom is -0.391 e. The van der Waals surface area contributed by atoms with Crippen molar-refractivity contribution in [3.05, 3.63) is 22.2 Å². The van der Waals surface area contributed by atoms with E-state index in [0.717, 1.165) is 4.57 Å². The molecule has 0 aromatic carbocycles. The number of aliphatic hydroxyl groups excluding tert-OH is 3. The first-order valence-electron chi connectivity index (χ1n) is 5.84. The molecule has 1 aromatic rings. The molecule has 0 aliphatic carbocycles. The van der Waals surface area contributed by atoms with Crippen LogP contribution in [0.4, 0.5) is 5.82 Å². The molecule has 2 heterocycles. The zero-order chi connectivity index (χ0) is 15.1. The summed E-state index contributed by atoms with van der Waals surface area (Å²) in [5, 5.41) is 29.2. The highest BCUT2D eigenvalue weighted by molar-refractivity contribution is 5.35. The number of anilines is 1. The fourth-order valence-electron chi connectivity index (χ4n) is 2.07. The zero-order valence-electron chi connectivity index (χ0n) is 10.8. The van der Waals surface area contributed by atoms with Crippen LogP contribution in [0.5, 0.6) is 0 Å². The Hall–Kier alpha value is -1.81. The van der Waals surface area contributed by atoms with E-state index in [9.17, 15) is 20.1 Å². The minimum atomic E-state index is -1.78. The van der Waals surface area contributed by atoms with E-state index in [1.807, 2.05) is 0 Å². The van der Waals surface area contributed by atoms with Gasteiger partial charge in [0.1, 0.15) is 18.0 Å².